The molecule has 6 nitrogen and oxygen atoms in total. The van der Waals surface area contributed by atoms with Gasteiger partial charge in [-0.3, -0.25) is 10.1 Å². The quantitative estimate of drug-likeness (QED) is 0.694. The predicted molar refractivity (Wildman–Crippen MR) is 95.0 cm³/mol. The number of carbonyl (C=O) groups excluding carboxylic acids is 1. The molecular formula is C19H17N3O3. The molecule has 1 heterocycles. The highest BCUT2D eigenvalue weighted by Gasteiger charge is 2.10. The van der Waals surface area contributed by atoms with Gasteiger partial charge in [0.25, 0.3) is 5.91 Å². The summed E-state index contributed by atoms with van der Waals surface area (Å²) in [6.07, 6.45) is 3.12. The number of rotatable bonds is 6. The van der Waals surface area contributed by atoms with Crippen molar-refractivity contribution in [2.45, 2.75) is 6.92 Å². The van der Waals surface area contributed by atoms with Crippen molar-refractivity contribution in [3.8, 4) is 17.2 Å². The van der Waals surface area contributed by atoms with E-state index < -0.39 is 0 Å². The van der Waals surface area contributed by atoms with E-state index in [1.54, 1.807) is 6.08 Å². The number of aromatic nitrogens is 2. The first kappa shape index (κ1) is 16.4. The Morgan fingerprint density at radius 2 is 1.88 bits per heavy atom. The second-order valence-electron chi connectivity index (χ2n) is 5.10. The van der Waals surface area contributed by atoms with Crippen LogP contribution in [0.2, 0.25) is 0 Å². The Morgan fingerprint density at radius 1 is 1.12 bits per heavy atom. The van der Waals surface area contributed by atoms with Crippen LogP contribution in [0.15, 0.2) is 65.1 Å². The third-order valence-corrected chi connectivity index (χ3v) is 3.29. The monoisotopic (exact) mass is 335 g/mol. The molecule has 0 saturated carbocycles. The van der Waals surface area contributed by atoms with Crippen LogP contribution < -0.4 is 10.1 Å². The highest BCUT2D eigenvalue weighted by atomic mass is 16.5. The van der Waals surface area contributed by atoms with Gasteiger partial charge in [0.1, 0.15) is 5.75 Å². The number of nitrogens with one attached hydrogen (secondary N) is 1. The average Bonchev–Trinajstić information content (AvgIpc) is 3.10. The third kappa shape index (κ3) is 4.54. The van der Waals surface area contributed by atoms with Gasteiger partial charge in [-0.2, -0.15) is 0 Å². The molecule has 3 aromatic rings. The highest BCUT2D eigenvalue weighted by molar-refractivity contribution is 6.00. The summed E-state index contributed by atoms with van der Waals surface area (Å²) in [5.74, 6) is 0.751. The molecule has 1 amide bonds. The maximum atomic E-state index is 11.9. The van der Waals surface area contributed by atoms with E-state index in [1.807, 2.05) is 61.5 Å². The van der Waals surface area contributed by atoms with Gasteiger partial charge >= 0.3 is 6.01 Å². The number of ether oxygens (including phenoxy) is 1. The van der Waals surface area contributed by atoms with Crippen LogP contribution in [0.1, 0.15) is 12.5 Å². The fraction of sp³-hybridized carbons (Fsp3) is 0.105. The molecule has 0 spiro atoms. The molecule has 3 rings (SSSR count). The number of nitrogens with zero attached hydrogens (tertiary/aromatic N) is 2. The first-order chi connectivity index (χ1) is 12.2. The summed E-state index contributed by atoms with van der Waals surface area (Å²) >= 11 is 0. The van der Waals surface area contributed by atoms with E-state index in [2.05, 4.69) is 15.5 Å². The van der Waals surface area contributed by atoms with E-state index in [0.717, 1.165) is 16.9 Å². The van der Waals surface area contributed by atoms with Crippen molar-refractivity contribution in [2.24, 2.45) is 0 Å². The second-order valence-corrected chi connectivity index (χ2v) is 5.10. The summed E-state index contributed by atoms with van der Waals surface area (Å²) in [6.45, 7) is 2.53. The van der Waals surface area contributed by atoms with E-state index in [4.69, 9.17) is 9.15 Å². The molecular weight excluding hydrogens is 318 g/mol. The smallest absolute Gasteiger partial charge is 0.322 e. The minimum Gasteiger partial charge on any atom is -0.494 e. The molecule has 0 aliphatic rings. The van der Waals surface area contributed by atoms with Crippen molar-refractivity contribution in [3.05, 3.63) is 66.2 Å². The predicted octanol–water partition coefficient (Wildman–Crippen LogP) is 3.79. The van der Waals surface area contributed by atoms with E-state index in [9.17, 15) is 4.79 Å². The van der Waals surface area contributed by atoms with Gasteiger partial charge in [0.05, 0.1) is 6.61 Å². The summed E-state index contributed by atoms with van der Waals surface area (Å²) in [6, 6.07) is 16.9. The molecule has 6 heteroatoms. The molecule has 0 radical (unpaired) electrons. The number of carbonyl (C=O) groups is 1. The van der Waals surface area contributed by atoms with Gasteiger partial charge < -0.3 is 9.15 Å². The van der Waals surface area contributed by atoms with Crippen molar-refractivity contribution >= 4 is 18.0 Å². The standard InChI is InChI=1S/C19H17N3O3/c1-2-24-16-11-9-15(10-12-16)18-21-22-19(25-18)20-17(23)13-8-14-6-4-3-5-7-14/h3-13H,2H2,1H3,(H,20,22,23). The Balaban J connectivity index is 1.63. The topological polar surface area (TPSA) is 77.3 Å². The molecule has 0 saturated heterocycles. The van der Waals surface area contributed by atoms with Crippen LogP contribution in [0.4, 0.5) is 6.01 Å². The zero-order valence-electron chi connectivity index (χ0n) is 13.7. The fourth-order valence-corrected chi connectivity index (χ4v) is 2.13. The number of benzene rings is 2. The normalized spacial score (nSPS) is 10.8. The number of amides is 1. The Hall–Kier alpha value is -3.41. The second kappa shape index (κ2) is 7.92. The van der Waals surface area contributed by atoms with Crippen LogP contribution in [0, 0.1) is 0 Å². The fourth-order valence-electron chi connectivity index (χ4n) is 2.13. The summed E-state index contributed by atoms with van der Waals surface area (Å²) < 4.78 is 10.9. The van der Waals surface area contributed by atoms with Crippen LogP contribution in [0.3, 0.4) is 0 Å². The molecule has 0 bridgehead atoms. The van der Waals surface area contributed by atoms with Crippen molar-refractivity contribution in [1.29, 1.82) is 0 Å². The lowest BCUT2D eigenvalue weighted by Gasteiger charge is -2.02. The molecule has 2 aromatic carbocycles. The third-order valence-electron chi connectivity index (χ3n) is 3.29. The van der Waals surface area contributed by atoms with Crippen molar-refractivity contribution in [3.63, 3.8) is 0 Å². The minimum absolute atomic E-state index is 0.0478. The molecule has 0 aliphatic carbocycles. The lowest BCUT2D eigenvalue weighted by molar-refractivity contribution is -0.112. The van der Waals surface area contributed by atoms with Gasteiger partial charge in [-0.1, -0.05) is 35.4 Å². The highest BCUT2D eigenvalue weighted by Crippen LogP contribution is 2.22. The van der Waals surface area contributed by atoms with Crippen molar-refractivity contribution < 1.29 is 13.9 Å². The maximum Gasteiger partial charge on any atom is 0.322 e. The lowest BCUT2D eigenvalue weighted by Crippen LogP contribution is -2.07. The summed E-state index contributed by atoms with van der Waals surface area (Å²) in [7, 11) is 0. The summed E-state index contributed by atoms with van der Waals surface area (Å²) in [4.78, 5) is 11.9. The van der Waals surface area contributed by atoms with Gasteiger partial charge in [-0.15, -0.1) is 5.10 Å². The van der Waals surface area contributed by atoms with E-state index >= 15 is 0 Å². The van der Waals surface area contributed by atoms with E-state index in [0.29, 0.717) is 12.5 Å². The van der Waals surface area contributed by atoms with Crippen molar-refractivity contribution in [2.75, 3.05) is 11.9 Å². The van der Waals surface area contributed by atoms with Gasteiger partial charge in [0, 0.05) is 11.6 Å². The zero-order chi connectivity index (χ0) is 17.5. The molecule has 0 unspecified atom stereocenters. The SMILES string of the molecule is CCOc1ccc(-c2nnc(NC(=O)C=Cc3ccccc3)o2)cc1. The molecule has 25 heavy (non-hydrogen) atoms. The van der Waals surface area contributed by atoms with Crippen LogP contribution in [-0.4, -0.2) is 22.7 Å². The van der Waals surface area contributed by atoms with Gasteiger partial charge in [-0.25, -0.2) is 0 Å². The Kier molecular flexibility index (Phi) is 5.21. The molecule has 1 N–H and O–H groups in total. The van der Waals surface area contributed by atoms with E-state index in [-0.39, 0.29) is 11.9 Å². The molecule has 0 fully saturated rings. The zero-order valence-corrected chi connectivity index (χ0v) is 13.7. The largest absolute Gasteiger partial charge is 0.494 e. The Labute approximate surface area is 145 Å². The average molecular weight is 335 g/mol. The van der Waals surface area contributed by atoms with E-state index in [1.165, 1.54) is 6.08 Å². The Bertz CT molecular complexity index is 855. The first-order valence-corrected chi connectivity index (χ1v) is 7.85. The van der Waals surface area contributed by atoms with Crippen molar-refractivity contribution in [1.82, 2.24) is 10.2 Å². The molecule has 1 aromatic heterocycles. The van der Waals surface area contributed by atoms with Crippen LogP contribution in [-0.2, 0) is 4.79 Å². The van der Waals surface area contributed by atoms with Gasteiger partial charge in [0.15, 0.2) is 0 Å². The van der Waals surface area contributed by atoms with Crippen LogP contribution >= 0.6 is 0 Å². The number of anilines is 1. The number of hydrogen-bond acceptors (Lipinski definition) is 5. The maximum absolute atomic E-state index is 11.9. The van der Waals surface area contributed by atoms with Gasteiger partial charge in [-0.05, 0) is 42.8 Å². The van der Waals surface area contributed by atoms with Crippen LogP contribution in [0.5, 0.6) is 5.75 Å². The summed E-state index contributed by atoms with van der Waals surface area (Å²) in [5, 5.41) is 10.3. The van der Waals surface area contributed by atoms with Crippen LogP contribution in [0.25, 0.3) is 17.5 Å². The minimum atomic E-state index is -0.342. The molecule has 0 aliphatic heterocycles. The molecule has 0 atom stereocenters. The summed E-state index contributed by atoms with van der Waals surface area (Å²) in [5.41, 5.74) is 1.68. The number of hydrogen-bond donors (Lipinski definition) is 1. The Morgan fingerprint density at radius 3 is 2.60 bits per heavy atom. The molecule has 126 valence electrons. The lowest BCUT2D eigenvalue weighted by atomic mass is 10.2. The first-order valence-electron chi connectivity index (χ1n) is 7.85. The van der Waals surface area contributed by atoms with Gasteiger partial charge in [0.2, 0.25) is 5.89 Å².